The van der Waals surface area contributed by atoms with Gasteiger partial charge in [-0.2, -0.15) is 0 Å². The number of fused-ring (bicyclic) bond motifs is 1. The molecule has 5 nitrogen and oxygen atoms in total. The van der Waals surface area contributed by atoms with E-state index in [1.807, 2.05) is 45.0 Å². The van der Waals surface area contributed by atoms with Crippen LogP contribution in [0.3, 0.4) is 0 Å². The number of nitrogen functional groups attached to an aromatic ring is 2. The average molecular weight is 472 g/mol. The van der Waals surface area contributed by atoms with Crippen molar-refractivity contribution in [2.24, 2.45) is 0 Å². The van der Waals surface area contributed by atoms with Crippen molar-refractivity contribution in [2.45, 2.75) is 47.5 Å². The maximum atomic E-state index is 11.5. The second-order valence-corrected chi connectivity index (χ2v) is 8.35. The molecule has 0 spiro atoms. The minimum absolute atomic E-state index is 0.592. The zero-order chi connectivity index (χ0) is 24.8. The number of carbonyl (C=O) groups excluding carboxylic acids is 1. The number of rotatable bonds is 9. The van der Waals surface area contributed by atoms with E-state index in [1.165, 1.54) is 22.5 Å². The Labute approximate surface area is 203 Å². The molecule has 0 aliphatic rings. The molecule has 1 aromatic heterocycles. The van der Waals surface area contributed by atoms with E-state index in [-0.39, 0.29) is 0 Å². The molecule has 0 aliphatic heterocycles. The van der Waals surface area contributed by atoms with Crippen molar-refractivity contribution in [3.8, 4) is 11.1 Å². The molecule has 4 N–H and O–H groups in total. The minimum Gasteiger partial charge on any atom is -0.399 e. The molecular formula is C27H41N3O2S. The molecule has 0 unspecified atom stereocenters. The van der Waals surface area contributed by atoms with Crippen LogP contribution in [0.25, 0.3) is 21.2 Å². The van der Waals surface area contributed by atoms with Crippen LogP contribution in [-0.4, -0.2) is 44.5 Å². The summed E-state index contributed by atoms with van der Waals surface area (Å²) in [6, 6.07) is 12.1. The largest absolute Gasteiger partial charge is 0.399 e. The van der Waals surface area contributed by atoms with Gasteiger partial charge in [-0.05, 0) is 68.2 Å². The third-order valence-corrected chi connectivity index (χ3v) is 6.54. The number of thiophene rings is 1. The number of anilines is 2. The van der Waals surface area contributed by atoms with Gasteiger partial charge in [-0.25, -0.2) is 0 Å². The lowest BCUT2D eigenvalue weighted by molar-refractivity contribution is 0.112. The summed E-state index contributed by atoms with van der Waals surface area (Å²) in [5.41, 5.74) is 17.0. The standard InChI is InChI=1S/C22H27N3OS.C3H8O.C2H6/c1-3-25(4-2)12-6-9-18-17(15-7-5-8-16(23)13-15)10-11-19-20(14-26)22(24)27-21(18)19;1-3-4-2;1-2/h5,7-8,10-11,13-14H,3-4,6,9,12,23-24H2,1-2H3;3H2,1-2H3;1-2H3. The molecule has 0 fully saturated rings. The lowest BCUT2D eigenvalue weighted by atomic mass is 9.94. The molecule has 0 bridgehead atoms. The van der Waals surface area contributed by atoms with Crippen LogP contribution in [0.1, 0.15) is 57.0 Å². The monoisotopic (exact) mass is 471 g/mol. The molecule has 182 valence electrons. The maximum absolute atomic E-state index is 11.5. The van der Waals surface area contributed by atoms with Crippen LogP contribution in [-0.2, 0) is 11.2 Å². The third kappa shape index (κ3) is 7.84. The summed E-state index contributed by atoms with van der Waals surface area (Å²) in [6.07, 6.45) is 2.87. The number of ether oxygens (including phenoxy) is 1. The number of methoxy groups -OCH3 is 1. The van der Waals surface area contributed by atoms with Crippen LogP contribution < -0.4 is 11.5 Å². The lowest BCUT2D eigenvalue weighted by Crippen LogP contribution is -2.24. The first-order chi connectivity index (χ1) is 16.0. The van der Waals surface area contributed by atoms with Crippen LogP contribution in [0.2, 0.25) is 0 Å². The fourth-order valence-electron chi connectivity index (χ4n) is 3.62. The van der Waals surface area contributed by atoms with Gasteiger partial charge in [0.1, 0.15) is 0 Å². The van der Waals surface area contributed by atoms with Crippen molar-refractivity contribution in [1.29, 1.82) is 0 Å². The highest BCUT2D eigenvalue weighted by Gasteiger charge is 2.16. The molecule has 3 aromatic rings. The van der Waals surface area contributed by atoms with E-state index < -0.39 is 0 Å². The van der Waals surface area contributed by atoms with Crippen molar-refractivity contribution in [2.75, 3.05) is 44.8 Å². The Morgan fingerprint density at radius 3 is 2.27 bits per heavy atom. The van der Waals surface area contributed by atoms with Crippen molar-refractivity contribution in [3.63, 3.8) is 0 Å². The first kappa shape index (κ1) is 28.6. The lowest BCUT2D eigenvalue weighted by Gasteiger charge is -2.18. The fourth-order valence-corrected chi connectivity index (χ4v) is 4.73. The number of benzene rings is 2. The van der Waals surface area contributed by atoms with E-state index in [4.69, 9.17) is 11.5 Å². The van der Waals surface area contributed by atoms with E-state index in [2.05, 4.69) is 35.6 Å². The second kappa shape index (κ2) is 15.4. The first-order valence-electron chi connectivity index (χ1n) is 11.9. The predicted molar refractivity (Wildman–Crippen MR) is 146 cm³/mol. The van der Waals surface area contributed by atoms with Gasteiger partial charge in [0.05, 0.1) is 10.6 Å². The van der Waals surface area contributed by atoms with Crippen molar-refractivity contribution in [1.82, 2.24) is 4.90 Å². The molecule has 0 radical (unpaired) electrons. The van der Waals surface area contributed by atoms with Gasteiger partial charge >= 0.3 is 0 Å². The summed E-state index contributed by atoms with van der Waals surface area (Å²) < 4.78 is 5.66. The normalized spacial score (nSPS) is 10.4. The molecule has 0 aliphatic carbocycles. The van der Waals surface area contributed by atoms with Gasteiger partial charge in [-0.1, -0.05) is 52.0 Å². The third-order valence-electron chi connectivity index (χ3n) is 5.43. The molecule has 0 saturated carbocycles. The van der Waals surface area contributed by atoms with Crippen LogP contribution in [0, 0.1) is 0 Å². The van der Waals surface area contributed by atoms with E-state index in [0.717, 1.165) is 66.7 Å². The highest BCUT2D eigenvalue weighted by atomic mass is 32.1. The second-order valence-electron chi connectivity index (χ2n) is 7.30. The molecule has 1 heterocycles. The van der Waals surface area contributed by atoms with Crippen molar-refractivity contribution >= 4 is 38.4 Å². The average Bonchev–Trinajstić information content (AvgIpc) is 3.18. The molecule has 6 heteroatoms. The summed E-state index contributed by atoms with van der Waals surface area (Å²) in [7, 11) is 1.68. The zero-order valence-corrected chi connectivity index (χ0v) is 21.9. The quantitative estimate of drug-likeness (QED) is 0.275. The van der Waals surface area contributed by atoms with Gasteiger partial charge in [0, 0.05) is 29.5 Å². The Morgan fingerprint density at radius 1 is 1.06 bits per heavy atom. The van der Waals surface area contributed by atoms with Gasteiger partial charge in [-0.15, -0.1) is 11.3 Å². The Morgan fingerprint density at radius 2 is 1.73 bits per heavy atom. The van der Waals surface area contributed by atoms with Crippen LogP contribution in [0.4, 0.5) is 10.7 Å². The number of nitrogens with two attached hydrogens (primary N) is 2. The van der Waals surface area contributed by atoms with Crippen LogP contribution in [0.5, 0.6) is 0 Å². The smallest absolute Gasteiger partial charge is 0.153 e. The predicted octanol–water partition coefficient (Wildman–Crippen LogP) is 6.50. The SMILES string of the molecule is CC.CCN(CC)CCCc1c(-c2cccc(N)c2)ccc2c(C=O)c(N)sc12.CCOC. The molecule has 0 amide bonds. The topological polar surface area (TPSA) is 81.6 Å². The summed E-state index contributed by atoms with van der Waals surface area (Å²) in [6.45, 7) is 14.3. The number of nitrogens with zero attached hydrogens (tertiary/aromatic N) is 1. The number of hydrogen-bond acceptors (Lipinski definition) is 6. The van der Waals surface area contributed by atoms with Gasteiger partial charge in [-0.3, -0.25) is 4.79 Å². The number of hydrogen-bond donors (Lipinski definition) is 2. The van der Waals surface area contributed by atoms with Gasteiger partial charge in [0.2, 0.25) is 0 Å². The van der Waals surface area contributed by atoms with Crippen molar-refractivity contribution in [3.05, 3.63) is 47.5 Å². The summed E-state index contributed by atoms with van der Waals surface area (Å²) >= 11 is 1.52. The van der Waals surface area contributed by atoms with Gasteiger partial charge in [0.25, 0.3) is 0 Å². The molecule has 2 aromatic carbocycles. The number of aldehydes is 1. The molecule has 3 rings (SSSR count). The number of carbonyl (C=O) groups is 1. The van der Waals surface area contributed by atoms with E-state index >= 15 is 0 Å². The zero-order valence-electron chi connectivity index (χ0n) is 21.1. The Bertz CT molecular complexity index is 979. The van der Waals surface area contributed by atoms with Crippen LogP contribution in [0.15, 0.2) is 36.4 Å². The van der Waals surface area contributed by atoms with E-state index in [1.54, 1.807) is 7.11 Å². The molecule has 0 saturated heterocycles. The Balaban J connectivity index is 0.000000820. The summed E-state index contributed by atoms with van der Waals surface area (Å²) in [5.74, 6) is 0. The molecule has 33 heavy (non-hydrogen) atoms. The van der Waals surface area contributed by atoms with E-state index in [0.29, 0.717) is 10.6 Å². The number of aryl methyl sites for hydroxylation is 1. The van der Waals surface area contributed by atoms with Gasteiger partial charge < -0.3 is 21.1 Å². The van der Waals surface area contributed by atoms with Crippen molar-refractivity contribution < 1.29 is 9.53 Å². The highest BCUT2D eigenvalue weighted by Crippen LogP contribution is 2.40. The summed E-state index contributed by atoms with van der Waals surface area (Å²) in [5, 5.41) is 1.55. The Hall–Kier alpha value is -2.41. The maximum Gasteiger partial charge on any atom is 0.153 e. The van der Waals surface area contributed by atoms with Crippen LogP contribution >= 0.6 is 11.3 Å². The fraction of sp³-hybridized carbons (Fsp3) is 0.444. The van der Waals surface area contributed by atoms with Gasteiger partial charge in [0.15, 0.2) is 6.29 Å². The minimum atomic E-state index is 0.592. The highest BCUT2D eigenvalue weighted by molar-refractivity contribution is 7.23. The molecule has 0 atom stereocenters. The first-order valence-corrected chi connectivity index (χ1v) is 12.7. The Kier molecular flexibility index (Phi) is 13.4. The molecular weight excluding hydrogens is 430 g/mol. The summed E-state index contributed by atoms with van der Waals surface area (Å²) in [4.78, 5) is 13.9. The van der Waals surface area contributed by atoms with E-state index in [9.17, 15) is 4.79 Å².